The predicted molar refractivity (Wildman–Crippen MR) is 103 cm³/mol. The van der Waals surface area contributed by atoms with E-state index in [1.54, 1.807) is 0 Å². The molecule has 1 aliphatic carbocycles. The van der Waals surface area contributed by atoms with Crippen molar-refractivity contribution in [2.75, 3.05) is 5.73 Å². The molecule has 0 radical (unpaired) electrons. The molecule has 0 spiro atoms. The normalized spacial score (nSPS) is 15.8. The van der Waals surface area contributed by atoms with Gasteiger partial charge in [0.05, 0.1) is 16.1 Å². The highest BCUT2D eigenvalue weighted by atomic mass is 32.2. The van der Waals surface area contributed by atoms with E-state index in [1.807, 2.05) is 0 Å². The Morgan fingerprint density at radius 1 is 1.10 bits per heavy atom. The number of nitrogen functional groups attached to an aromatic ring is 1. The number of halogens is 2. The van der Waals surface area contributed by atoms with Gasteiger partial charge in [0.2, 0.25) is 9.84 Å². The van der Waals surface area contributed by atoms with Crippen molar-refractivity contribution in [2.24, 2.45) is 0 Å². The molecule has 0 bridgehead atoms. The van der Waals surface area contributed by atoms with Gasteiger partial charge in [-0.05, 0) is 37.1 Å². The Morgan fingerprint density at radius 2 is 1.79 bits per heavy atom. The van der Waals surface area contributed by atoms with Crippen molar-refractivity contribution in [2.45, 2.75) is 54.4 Å². The lowest BCUT2D eigenvalue weighted by molar-refractivity contribution is -0.0498. The van der Waals surface area contributed by atoms with E-state index in [4.69, 9.17) is 5.73 Å². The van der Waals surface area contributed by atoms with Crippen LogP contribution in [0, 0.1) is 0 Å². The van der Waals surface area contributed by atoms with Gasteiger partial charge in [0.1, 0.15) is 28.3 Å². The Labute approximate surface area is 166 Å². The SMILES string of the molecule is Nc1[nH]c2c(C3CCCCC3)ncnc2c1S(=O)(=O)c1ccc(OC(F)F)cc1. The smallest absolute Gasteiger partial charge is 0.387 e. The second kappa shape index (κ2) is 7.58. The van der Waals surface area contributed by atoms with Crippen molar-refractivity contribution < 1.29 is 21.9 Å². The fourth-order valence-corrected chi connectivity index (χ4v) is 5.37. The Morgan fingerprint density at radius 3 is 2.45 bits per heavy atom. The summed E-state index contributed by atoms with van der Waals surface area (Å²) in [5, 5.41) is 0. The highest BCUT2D eigenvalue weighted by Crippen LogP contribution is 2.38. The average molecular weight is 422 g/mol. The molecule has 0 atom stereocenters. The fourth-order valence-electron chi connectivity index (χ4n) is 3.89. The molecule has 3 aromatic rings. The zero-order valence-corrected chi connectivity index (χ0v) is 16.3. The minimum atomic E-state index is -4.04. The van der Waals surface area contributed by atoms with E-state index in [1.165, 1.54) is 37.0 Å². The maximum absolute atomic E-state index is 13.2. The molecule has 1 fully saturated rings. The third-order valence-corrected chi connectivity index (χ3v) is 7.06. The number of nitrogens with two attached hydrogens (primary N) is 1. The lowest BCUT2D eigenvalue weighted by Gasteiger charge is -2.21. The number of ether oxygens (including phenoxy) is 1. The topological polar surface area (TPSA) is 111 Å². The molecule has 154 valence electrons. The second-order valence-electron chi connectivity index (χ2n) is 7.04. The third-order valence-electron chi connectivity index (χ3n) is 5.22. The average Bonchev–Trinajstić information content (AvgIpc) is 3.05. The number of rotatable bonds is 5. The summed E-state index contributed by atoms with van der Waals surface area (Å²) in [6.45, 7) is -2.99. The predicted octanol–water partition coefficient (Wildman–Crippen LogP) is 4.02. The first-order chi connectivity index (χ1) is 13.9. The van der Waals surface area contributed by atoms with Gasteiger partial charge in [0, 0.05) is 5.92 Å². The molecule has 1 saturated carbocycles. The number of H-pyrrole nitrogens is 1. The lowest BCUT2D eigenvalue weighted by atomic mass is 9.86. The van der Waals surface area contributed by atoms with E-state index in [9.17, 15) is 17.2 Å². The maximum atomic E-state index is 13.2. The number of sulfone groups is 1. The molecule has 0 unspecified atom stereocenters. The molecule has 0 amide bonds. The first-order valence-electron chi connectivity index (χ1n) is 9.30. The van der Waals surface area contributed by atoms with E-state index < -0.39 is 16.4 Å². The van der Waals surface area contributed by atoms with Crippen molar-refractivity contribution >= 4 is 26.7 Å². The third kappa shape index (κ3) is 3.64. The van der Waals surface area contributed by atoms with Crippen LogP contribution in [-0.2, 0) is 9.84 Å². The monoisotopic (exact) mass is 422 g/mol. The number of anilines is 1. The Hall–Kier alpha value is -2.75. The van der Waals surface area contributed by atoms with Crippen LogP contribution in [0.5, 0.6) is 5.75 Å². The minimum absolute atomic E-state index is 0.0227. The second-order valence-corrected chi connectivity index (χ2v) is 8.93. The van der Waals surface area contributed by atoms with Gasteiger partial charge in [0.25, 0.3) is 0 Å². The summed E-state index contributed by atoms with van der Waals surface area (Å²) < 4.78 is 55.3. The van der Waals surface area contributed by atoms with Crippen molar-refractivity contribution in [3.05, 3.63) is 36.3 Å². The Bertz CT molecular complexity index is 1120. The highest BCUT2D eigenvalue weighted by molar-refractivity contribution is 7.92. The van der Waals surface area contributed by atoms with Gasteiger partial charge in [-0.15, -0.1) is 0 Å². The number of hydrogen-bond donors (Lipinski definition) is 2. The summed E-state index contributed by atoms with van der Waals surface area (Å²) in [7, 11) is -4.04. The maximum Gasteiger partial charge on any atom is 0.387 e. The highest BCUT2D eigenvalue weighted by Gasteiger charge is 2.29. The number of alkyl halides is 2. The Kier molecular flexibility index (Phi) is 5.12. The van der Waals surface area contributed by atoms with Crippen LogP contribution < -0.4 is 10.5 Å². The minimum Gasteiger partial charge on any atom is -0.435 e. The molecular formula is C19H20F2N4O3S. The van der Waals surface area contributed by atoms with Crippen LogP contribution >= 0.6 is 0 Å². The summed E-state index contributed by atoms with van der Waals surface area (Å²) in [4.78, 5) is 11.3. The van der Waals surface area contributed by atoms with E-state index in [0.717, 1.165) is 31.4 Å². The lowest BCUT2D eigenvalue weighted by Crippen LogP contribution is -2.08. The van der Waals surface area contributed by atoms with Crippen LogP contribution in [0.2, 0.25) is 0 Å². The van der Waals surface area contributed by atoms with Gasteiger partial charge in [-0.25, -0.2) is 18.4 Å². The largest absolute Gasteiger partial charge is 0.435 e. The van der Waals surface area contributed by atoms with E-state index >= 15 is 0 Å². The number of fused-ring (bicyclic) bond motifs is 1. The zero-order valence-electron chi connectivity index (χ0n) is 15.4. The number of nitrogens with zero attached hydrogens (tertiary/aromatic N) is 2. The molecular weight excluding hydrogens is 402 g/mol. The first kappa shape index (κ1) is 19.6. The summed E-state index contributed by atoms with van der Waals surface area (Å²) >= 11 is 0. The van der Waals surface area contributed by atoms with Crippen LogP contribution in [0.3, 0.4) is 0 Å². The van der Waals surface area contributed by atoms with Crippen molar-refractivity contribution in [1.29, 1.82) is 0 Å². The molecule has 1 aliphatic rings. The quantitative estimate of drug-likeness (QED) is 0.642. The molecule has 7 nitrogen and oxygen atoms in total. The standard InChI is InChI=1S/C19H20F2N4O3S/c20-19(21)28-12-6-8-13(9-7-12)29(26,27)17-16-15(25-18(17)22)14(23-10-24-16)11-4-2-1-3-5-11/h6-11,19,25H,1-5,22H2. The van der Waals surface area contributed by atoms with Crippen molar-refractivity contribution in [3.8, 4) is 5.75 Å². The van der Waals surface area contributed by atoms with Crippen LogP contribution in [0.1, 0.15) is 43.7 Å². The number of nitrogens with one attached hydrogen (secondary N) is 1. The van der Waals surface area contributed by atoms with Gasteiger partial charge >= 0.3 is 6.61 Å². The van der Waals surface area contributed by atoms with E-state index in [-0.39, 0.29) is 32.8 Å². The van der Waals surface area contributed by atoms with Gasteiger partial charge in [-0.1, -0.05) is 19.3 Å². The number of aromatic amines is 1. The molecule has 2 heterocycles. The van der Waals surface area contributed by atoms with Gasteiger partial charge in [-0.3, -0.25) is 0 Å². The molecule has 0 aliphatic heterocycles. The van der Waals surface area contributed by atoms with Gasteiger partial charge in [-0.2, -0.15) is 8.78 Å². The number of benzene rings is 1. The summed E-state index contributed by atoms with van der Waals surface area (Å²) in [6, 6.07) is 4.75. The molecule has 1 aromatic carbocycles. The van der Waals surface area contributed by atoms with Crippen LogP contribution in [0.25, 0.3) is 11.0 Å². The summed E-state index contributed by atoms with van der Waals surface area (Å²) in [5.41, 5.74) is 7.60. The van der Waals surface area contributed by atoms with Crippen LogP contribution in [-0.4, -0.2) is 30.0 Å². The molecule has 10 heteroatoms. The molecule has 0 saturated heterocycles. The summed E-state index contributed by atoms with van der Waals surface area (Å²) in [6.07, 6.45) is 6.72. The van der Waals surface area contributed by atoms with Crippen molar-refractivity contribution in [3.63, 3.8) is 0 Å². The molecule has 29 heavy (non-hydrogen) atoms. The molecule has 3 N–H and O–H groups in total. The van der Waals surface area contributed by atoms with Gasteiger partial charge in [0.15, 0.2) is 0 Å². The molecule has 2 aromatic heterocycles. The number of hydrogen-bond acceptors (Lipinski definition) is 6. The van der Waals surface area contributed by atoms with E-state index in [2.05, 4.69) is 19.7 Å². The van der Waals surface area contributed by atoms with Crippen molar-refractivity contribution in [1.82, 2.24) is 15.0 Å². The van der Waals surface area contributed by atoms with Crippen LogP contribution in [0.4, 0.5) is 14.6 Å². The fraction of sp³-hybridized carbons (Fsp3) is 0.368. The van der Waals surface area contributed by atoms with Gasteiger partial charge < -0.3 is 15.5 Å². The van der Waals surface area contributed by atoms with E-state index in [0.29, 0.717) is 5.52 Å². The van der Waals surface area contributed by atoms with Crippen LogP contribution in [0.15, 0.2) is 40.4 Å². The number of aromatic nitrogens is 3. The Balaban J connectivity index is 1.78. The zero-order chi connectivity index (χ0) is 20.6. The summed E-state index contributed by atoms with van der Waals surface area (Å²) in [5.74, 6) is 0.0758. The first-order valence-corrected chi connectivity index (χ1v) is 10.8. The molecule has 4 rings (SSSR count).